The smallest absolute Gasteiger partial charge is 0.407 e. The Morgan fingerprint density at radius 2 is 1.57 bits per heavy atom. The number of aliphatic hydroxyl groups excluding tert-OH is 1. The van der Waals surface area contributed by atoms with Crippen LogP contribution in [-0.4, -0.2) is 41.0 Å². The molecule has 28 heavy (non-hydrogen) atoms. The van der Waals surface area contributed by atoms with E-state index in [2.05, 4.69) is 5.32 Å². The second kappa shape index (κ2) is 8.44. The van der Waals surface area contributed by atoms with Crippen LogP contribution in [0.25, 0.3) is 11.1 Å². The molecule has 148 valence electrons. The van der Waals surface area contributed by atoms with Gasteiger partial charge in [-0.05, 0) is 28.2 Å². The highest BCUT2D eigenvalue weighted by atomic mass is 16.5. The lowest BCUT2D eigenvalue weighted by atomic mass is 9.98. The van der Waals surface area contributed by atoms with Gasteiger partial charge in [0.15, 0.2) is 0 Å². The molecule has 2 aromatic carbocycles. The van der Waals surface area contributed by atoms with Crippen molar-refractivity contribution in [1.82, 2.24) is 5.32 Å². The summed E-state index contributed by atoms with van der Waals surface area (Å²) >= 11 is 0. The van der Waals surface area contributed by atoms with Crippen molar-refractivity contribution in [2.75, 3.05) is 6.61 Å². The summed E-state index contributed by atoms with van der Waals surface area (Å²) in [6, 6.07) is 14.8. The maximum atomic E-state index is 12.2. The van der Waals surface area contributed by atoms with E-state index in [1.807, 2.05) is 48.5 Å². The Balaban J connectivity index is 1.67. The summed E-state index contributed by atoms with van der Waals surface area (Å²) < 4.78 is 5.37. The molecule has 3 rings (SSSR count). The lowest BCUT2D eigenvalue weighted by Gasteiger charge is -2.21. The Labute approximate surface area is 164 Å². The number of aliphatic carboxylic acids is 1. The lowest BCUT2D eigenvalue weighted by Crippen LogP contribution is -2.44. The van der Waals surface area contributed by atoms with Gasteiger partial charge in [0.05, 0.1) is 6.10 Å². The Hall–Kier alpha value is -2.86. The van der Waals surface area contributed by atoms with Crippen LogP contribution in [0.2, 0.25) is 0 Å². The molecule has 0 aliphatic heterocycles. The normalized spacial score (nSPS) is 14.9. The molecule has 0 aromatic heterocycles. The summed E-state index contributed by atoms with van der Waals surface area (Å²) in [7, 11) is 0. The summed E-state index contributed by atoms with van der Waals surface area (Å²) in [6.07, 6.45) is -1.70. The van der Waals surface area contributed by atoms with E-state index in [0.29, 0.717) is 0 Å². The summed E-state index contributed by atoms with van der Waals surface area (Å²) in [5.41, 5.74) is 4.41. The summed E-state index contributed by atoms with van der Waals surface area (Å²) in [5, 5.41) is 21.6. The minimum absolute atomic E-state index is 0.0722. The predicted octanol–water partition coefficient (Wildman–Crippen LogP) is 3.39. The van der Waals surface area contributed by atoms with Gasteiger partial charge in [-0.1, -0.05) is 62.4 Å². The Morgan fingerprint density at radius 1 is 1.04 bits per heavy atom. The van der Waals surface area contributed by atoms with Crippen molar-refractivity contribution in [2.45, 2.75) is 38.3 Å². The number of carboxylic acid groups (broad SMARTS) is 1. The van der Waals surface area contributed by atoms with Crippen LogP contribution in [0.3, 0.4) is 0 Å². The zero-order chi connectivity index (χ0) is 20.3. The Kier molecular flexibility index (Phi) is 5.99. The molecular weight excluding hydrogens is 358 g/mol. The van der Waals surface area contributed by atoms with E-state index in [9.17, 15) is 19.8 Å². The van der Waals surface area contributed by atoms with Crippen LogP contribution in [0.4, 0.5) is 4.79 Å². The molecule has 0 heterocycles. The molecule has 0 radical (unpaired) electrons. The fourth-order valence-electron chi connectivity index (χ4n) is 3.52. The van der Waals surface area contributed by atoms with E-state index in [4.69, 9.17) is 4.74 Å². The molecule has 0 saturated carbocycles. The van der Waals surface area contributed by atoms with E-state index in [-0.39, 0.29) is 24.9 Å². The number of ether oxygens (including phenoxy) is 1. The number of hydrogen-bond donors (Lipinski definition) is 3. The highest BCUT2D eigenvalue weighted by Gasteiger charge is 2.30. The molecule has 0 saturated heterocycles. The first kappa shape index (κ1) is 19.9. The number of hydrogen-bond acceptors (Lipinski definition) is 4. The van der Waals surface area contributed by atoms with E-state index in [1.54, 1.807) is 13.8 Å². The van der Waals surface area contributed by atoms with Gasteiger partial charge in [-0.25, -0.2) is 9.59 Å². The molecule has 2 aromatic rings. The lowest BCUT2D eigenvalue weighted by molar-refractivity contribution is -0.140. The van der Waals surface area contributed by atoms with E-state index >= 15 is 0 Å². The zero-order valence-corrected chi connectivity index (χ0v) is 16.0. The van der Waals surface area contributed by atoms with Gasteiger partial charge in [0, 0.05) is 12.3 Å². The number of fused-ring (bicyclic) bond motifs is 3. The number of amides is 1. The molecule has 3 N–H and O–H groups in total. The number of carbonyl (C=O) groups excluding carboxylic acids is 1. The molecule has 0 fully saturated rings. The maximum absolute atomic E-state index is 12.2. The fourth-order valence-corrected chi connectivity index (χ4v) is 3.52. The standard InChI is InChI=1S/C22H25NO5/c1-13(2)20(24)11-19(21(25)26)23-22(27)28-12-18-16-9-5-3-7-14(16)15-8-4-6-10-17(15)18/h3-10,13,18-20,24H,11-12H2,1-2H3,(H,23,27)(H,25,26). The topological polar surface area (TPSA) is 95.9 Å². The second-order valence-electron chi connectivity index (χ2n) is 7.41. The van der Waals surface area contributed by atoms with Crippen molar-refractivity contribution < 1.29 is 24.5 Å². The molecule has 1 aliphatic rings. The van der Waals surface area contributed by atoms with Crippen LogP contribution in [0.15, 0.2) is 48.5 Å². The first-order valence-electron chi connectivity index (χ1n) is 9.41. The van der Waals surface area contributed by atoms with Crippen molar-refractivity contribution in [3.63, 3.8) is 0 Å². The molecule has 0 bridgehead atoms. The van der Waals surface area contributed by atoms with Crippen LogP contribution in [-0.2, 0) is 9.53 Å². The van der Waals surface area contributed by atoms with Crippen molar-refractivity contribution in [3.8, 4) is 11.1 Å². The SMILES string of the molecule is CC(C)C(O)CC(NC(=O)OCC1c2ccccc2-c2ccccc21)C(=O)O. The van der Waals surface area contributed by atoms with E-state index in [1.165, 1.54) is 0 Å². The number of carboxylic acids is 1. The minimum Gasteiger partial charge on any atom is -0.480 e. The van der Waals surface area contributed by atoms with Crippen LogP contribution in [0, 0.1) is 5.92 Å². The van der Waals surface area contributed by atoms with Crippen LogP contribution >= 0.6 is 0 Å². The molecule has 1 amide bonds. The molecule has 2 unspecified atom stereocenters. The number of aliphatic hydroxyl groups is 1. The molecule has 6 heteroatoms. The molecule has 1 aliphatic carbocycles. The first-order chi connectivity index (χ1) is 13.4. The number of alkyl carbamates (subject to hydrolysis) is 1. The first-order valence-corrected chi connectivity index (χ1v) is 9.41. The maximum Gasteiger partial charge on any atom is 0.407 e. The number of rotatable bonds is 7. The number of carbonyl (C=O) groups is 2. The summed E-state index contributed by atoms with van der Waals surface area (Å²) in [5.74, 6) is -1.40. The third kappa shape index (κ3) is 4.17. The average molecular weight is 383 g/mol. The van der Waals surface area contributed by atoms with Crippen molar-refractivity contribution in [3.05, 3.63) is 59.7 Å². The van der Waals surface area contributed by atoms with Gasteiger partial charge in [0.25, 0.3) is 0 Å². The van der Waals surface area contributed by atoms with E-state index < -0.39 is 24.2 Å². The molecule has 0 spiro atoms. The van der Waals surface area contributed by atoms with Crippen molar-refractivity contribution in [1.29, 1.82) is 0 Å². The molecule has 2 atom stereocenters. The van der Waals surface area contributed by atoms with Crippen LogP contribution in [0.1, 0.15) is 37.3 Å². The predicted molar refractivity (Wildman–Crippen MR) is 105 cm³/mol. The molecule has 6 nitrogen and oxygen atoms in total. The van der Waals surface area contributed by atoms with Gasteiger partial charge in [0.1, 0.15) is 12.6 Å². The fraction of sp³-hybridized carbons (Fsp3) is 0.364. The third-order valence-electron chi connectivity index (χ3n) is 5.18. The quantitative estimate of drug-likeness (QED) is 0.681. The Morgan fingerprint density at radius 3 is 2.07 bits per heavy atom. The minimum atomic E-state index is -1.20. The van der Waals surface area contributed by atoms with E-state index in [0.717, 1.165) is 22.3 Å². The summed E-state index contributed by atoms with van der Waals surface area (Å²) in [4.78, 5) is 23.6. The van der Waals surface area contributed by atoms with Crippen molar-refractivity contribution in [2.24, 2.45) is 5.92 Å². The van der Waals surface area contributed by atoms with Gasteiger partial charge < -0.3 is 20.3 Å². The highest BCUT2D eigenvalue weighted by molar-refractivity contribution is 5.81. The highest BCUT2D eigenvalue weighted by Crippen LogP contribution is 2.44. The zero-order valence-electron chi connectivity index (χ0n) is 16.0. The van der Waals surface area contributed by atoms with Crippen LogP contribution < -0.4 is 5.32 Å². The van der Waals surface area contributed by atoms with Gasteiger partial charge in [-0.3, -0.25) is 0 Å². The van der Waals surface area contributed by atoms with Crippen molar-refractivity contribution >= 4 is 12.1 Å². The summed E-state index contributed by atoms with van der Waals surface area (Å²) in [6.45, 7) is 3.69. The largest absolute Gasteiger partial charge is 0.480 e. The van der Waals surface area contributed by atoms with Gasteiger partial charge >= 0.3 is 12.1 Å². The molecular formula is C22H25NO5. The van der Waals surface area contributed by atoms with Crippen LogP contribution in [0.5, 0.6) is 0 Å². The third-order valence-corrected chi connectivity index (χ3v) is 5.18. The second-order valence-corrected chi connectivity index (χ2v) is 7.41. The number of benzene rings is 2. The Bertz CT molecular complexity index is 818. The van der Waals surface area contributed by atoms with Gasteiger partial charge in [-0.2, -0.15) is 0 Å². The average Bonchev–Trinajstić information content (AvgIpc) is 2.99. The van der Waals surface area contributed by atoms with Gasteiger partial charge in [0.2, 0.25) is 0 Å². The van der Waals surface area contributed by atoms with Gasteiger partial charge in [-0.15, -0.1) is 0 Å². The monoisotopic (exact) mass is 383 g/mol. The number of nitrogens with one attached hydrogen (secondary N) is 1.